The number of hydrogen-bond acceptors (Lipinski definition) is 4. The van der Waals surface area contributed by atoms with E-state index in [0.29, 0.717) is 25.2 Å². The molecule has 0 aliphatic carbocycles. The summed E-state index contributed by atoms with van der Waals surface area (Å²) in [5.74, 6) is -0.569. The minimum atomic E-state index is -0.569. The summed E-state index contributed by atoms with van der Waals surface area (Å²) >= 11 is 0. The predicted molar refractivity (Wildman–Crippen MR) is 156 cm³/mol. The van der Waals surface area contributed by atoms with Crippen molar-refractivity contribution in [1.82, 2.24) is 15.3 Å². The van der Waals surface area contributed by atoms with Crippen LogP contribution < -0.4 is 10.4 Å². The Morgan fingerprint density at radius 1 is 0.800 bits per heavy atom. The van der Waals surface area contributed by atoms with Crippen LogP contribution in [0.1, 0.15) is 38.7 Å². The summed E-state index contributed by atoms with van der Waals surface area (Å²) < 4.78 is 0. The van der Waals surface area contributed by atoms with Crippen molar-refractivity contribution < 1.29 is 14.8 Å². The summed E-state index contributed by atoms with van der Waals surface area (Å²) in [7, 11) is 0. The van der Waals surface area contributed by atoms with Gasteiger partial charge in [-0.15, -0.1) is 0 Å². The molecule has 7 heteroatoms. The molecule has 0 radical (unpaired) electrons. The van der Waals surface area contributed by atoms with E-state index in [2.05, 4.69) is 53.4 Å². The van der Waals surface area contributed by atoms with Gasteiger partial charge in [-0.25, -0.2) is 10.3 Å². The minimum Gasteiger partial charge on any atom is -0.322 e. The molecule has 0 saturated carbocycles. The van der Waals surface area contributed by atoms with Gasteiger partial charge in [0.05, 0.1) is 12.6 Å². The predicted octanol–water partition coefficient (Wildman–Crippen LogP) is 5.65. The van der Waals surface area contributed by atoms with Crippen LogP contribution in [-0.2, 0) is 6.54 Å². The molecule has 5 rings (SSSR count). The van der Waals surface area contributed by atoms with Crippen LogP contribution in [0.2, 0.25) is 0 Å². The van der Waals surface area contributed by atoms with E-state index in [1.807, 2.05) is 60.4 Å². The number of hydroxylamine groups is 1. The summed E-state index contributed by atoms with van der Waals surface area (Å²) in [5.41, 5.74) is 7.28. The first-order valence-corrected chi connectivity index (χ1v) is 13.5. The topological polar surface area (TPSA) is 76.1 Å². The van der Waals surface area contributed by atoms with Crippen molar-refractivity contribution in [1.29, 1.82) is 0 Å². The van der Waals surface area contributed by atoms with E-state index in [9.17, 15) is 9.59 Å². The number of hydrogen-bond donors (Lipinski definition) is 2. The Hall–Kier alpha value is -4.46. The molecule has 1 saturated heterocycles. The van der Waals surface area contributed by atoms with Crippen molar-refractivity contribution in [2.45, 2.75) is 19.5 Å². The van der Waals surface area contributed by atoms with Crippen LogP contribution in [0.15, 0.2) is 109 Å². The molecule has 1 fully saturated rings. The third-order valence-corrected chi connectivity index (χ3v) is 7.38. The second-order valence-corrected chi connectivity index (χ2v) is 10.1. The van der Waals surface area contributed by atoms with Crippen molar-refractivity contribution >= 4 is 17.6 Å². The lowest BCUT2D eigenvalue weighted by Crippen LogP contribution is -2.53. The average molecular weight is 535 g/mol. The Morgan fingerprint density at radius 2 is 1.40 bits per heavy atom. The van der Waals surface area contributed by atoms with Gasteiger partial charge in [0.15, 0.2) is 0 Å². The number of benzene rings is 4. The third-order valence-electron chi connectivity index (χ3n) is 7.38. The van der Waals surface area contributed by atoms with Gasteiger partial charge in [0, 0.05) is 37.4 Å². The highest BCUT2D eigenvalue weighted by Gasteiger charge is 2.30. The zero-order chi connectivity index (χ0) is 27.9. The second kappa shape index (κ2) is 12.6. The number of amides is 3. The maximum Gasteiger partial charge on any atom is 0.324 e. The number of piperazine rings is 1. The van der Waals surface area contributed by atoms with Crippen LogP contribution in [-0.4, -0.2) is 53.1 Å². The van der Waals surface area contributed by atoms with E-state index in [-0.39, 0.29) is 12.1 Å². The highest BCUT2D eigenvalue weighted by molar-refractivity contribution is 5.94. The lowest BCUT2D eigenvalue weighted by atomic mass is 9.96. The number of nitrogens with one attached hydrogen (secondary N) is 1. The molecule has 0 spiro atoms. The standard InChI is InChI=1S/C33H34N4O3/c1-25-9-8-14-30(23-25)37(24-26-15-17-29(18-16-26)32(38)34-40)33(39)36-21-19-35(20-22-36)31(27-10-4-2-5-11-27)28-12-6-3-7-13-28/h2-18,23,31,40H,19-22,24H2,1H3,(H,34,38). The van der Waals surface area contributed by atoms with Gasteiger partial charge < -0.3 is 4.90 Å². The smallest absolute Gasteiger partial charge is 0.322 e. The third kappa shape index (κ3) is 6.22. The fourth-order valence-corrected chi connectivity index (χ4v) is 5.30. The van der Waals surface area contributed by atoms with Gasteiger partial charge in [-0.1, -0.05) is 84.9 Å². The molecule has 4 aromatic rings. The van der Waals surface area contributed by atoms with E-state index in [4.69, 9.17) is 5.21 Å². The molecule has 1 aliphatic heterocycles. The van der Waals surface area contributed by atoms with E-state index in [0.717, 1.165) is 29.9 Å². The first kappa shape index (κ1) is 27.1. The molecule has 0 unspecified atom stereocenters. The van der Waals surface area contributed by atoms with Crippen molar-refractivity contribution in [3.8, 4) is 0 Å². The average Bonchev–Trinajstić information content (AvgIpc) is 3.01. The van der Waals surface area contributed by atoms with Gasteiger partial charge in [0.25, 0.3) is 5.91 Å². The molecular weight excluding hydrogens is 500 g/mol. The summed E-state index contributed by atoms with van der Waals surface area (Å²) in [4.78, 5) is 31.9. The van der Waals surface area contributed by atoms with Crippen LogP contribution in [0.5, 0.6) is 0 Å². The van der Waals surface area contributed by atoms with Crippen LogP contribution in [0.3, 0.4) is 0 Å². The number of anilines is 1. The van der Waals surface area contributed by atoms with E-state index < -0.39 is 5.91 Å². The maximum absolute atomic E-state index is 14.0. The van der Waals surface area contributed by atoms with E-state index in [1.54, 1.807) is 22.5 Å². The SMILES string of the molecule is Cc1cccc(N(Cc2ccc(C(=O)NO)cc2)C(=O)N2CCN(C(c3ccccc3)c3ccccc3)CC2)c1. The zero-order valence-electron chi connectivity index (χ0n) is 22.6. The summed E-state index contributed by atoms with van der Waals surface area (Å²) in [6.07, 6.45) is 0. The molecule has 7 nitrogen and oxygen atoms in total. The van der Waals surface area contributed by atoms with Gasteiger partial charge in [0.2, 0.25) is 0 Å². The van der Waals surface area contributed by atoms with Gasteiger partial charge in [0.1, 0.15) is 0 Å². The molecule has 0 bridgehead atoms. The molecular formula is C33H34N4O3. The van der Waals surface area contributed by atoms with Gasteiger partial charge in [-0.3, -0.25) is 19.8 Å². The second-order valence-electron chi connectivity index (χ2n) is 10.1. The van der Waals surface area contributed by atoms with Gasteiger partial charge >= 0.3 is 6.03 Å². The molecule has 2 N–H and O–H groups in total. The van der Waals surface area contributed by atoms with Crippen LogP contribution in [0.25, 0.3) is 0 Å². The number of carbonyl (C=O) groups excluding carboxylic acids is 2. The van der Waals surface area contributed by atoms with Crippen molar-refractivity contribution in [3.05, 3.63) is 137 Å². The highest BCUT2D eigenvalue weighted by Crippen LogP contribution is 2.30. The number of carbonyl (C=O) groups is 2. The van der Waals surface area contributed by atoms with Crippen molar-refractivity contribution in [3.63, 3.8) is 0 Å². The van der Waals surface area contributed by atoms with Crippen LogP contribution in [0, 0.1) is 6.92 Å². The Morgan fingerprint density at radius 3 is 1.95 bits per heavy atom. The summed E-state index contributed by atoms with van der Waals surface area (Å²) in [5, 5.41) is 8.92. The fraction of sp³-hybridized carbons (Fsp3) is 0.212. The van der Waals surface area contributed by atoms with Crippen LogP contribution >= 0.6 is 0 Å². The van der Waals surface area contributed by atoms with Crippen molar-refractivity contribution in [2.75, 3.05) is 31.1 Å². The Kier molecular flexibility index (Phi) is 8.54. The van der Waals surface area contributed by atoms with Crippen molar-refractivity contribution in [2.24, 2.45) is 0 Å². The highest BCUT2D eigenvalue weighted by atomic mass is 16.5. The number of rotatable bonds is 7. The number of aryl methyl sites for hydroxylation is 1. The van der Waals surface area contributed by atoms with E-state index in [1.165, 1.54) is 11.1 Å². The normalized spacial score (nSPS) is 13.7. The molecule has 40 heavy (non-hydrogen) atoms. The van der Waals surface area contributed by atoms with Gasteiger partial charge in [-0.2, -0.15) is 0 Å². The molecule has 3 amide bonds. The molecule has 0 atom stereocenters. The zero-order valence-corrected chi connectivity index (χ0v) is 22.6. The number of nitrogens with zero attached hydrogens (tertiary/aromatic N) is 3. The minimum absolute atomic E-state index is 0.0431. The Balaban J connectivity index is 1.34. The summed E-state index contributed by atoms with van der Waals surface area (Å²) in [6, 6.07) is 36.0. The first-order valence-electron chi connectivity index (χ1n) is 13.5. The van der Waals surface area contributed by atoms with E-state index >= 15 is 0 Å². The quantitative estimate of drug-likeness (QED) is 0.237. The molecule has 1 aliphatic rings. The van der Waals surface area contributed by atoms with Crippen LogP contribution in [0.4, 0.5) is 10.5 Å². The lowest BCUT2D eigenvalue weighted by molar-refractivity contribution is 0.0706. The Labute approximate surface area is 235 Å². The largest absolute Gasteiger partial charge is 0.324 e. The fourth-order valence-electron chi connectivity index (χ4n) is 5.30. The number of urea groups is 1. The molecule has 204 valence electrons. The molecule has 4 aromatic carbocycles. The monoisotopic (exact) mass is 534 g/mol. The first-order chi connectivity index (χ1) is 19.5. The summed E-state index contributed by atoms with van der Waals surface area (Å²) in [6.45, 7) is 5.13. The molecule has 0 aromatic heterocycles. The maximum atomic E-state index is 14.0. The molecule has 1 heterocycles. The lowest BCUT2D eigenvalue weighted by Gasteiger charge is -2.41. The Bertz CT molecular complexity index is 1380. The van der Waals surface area contributed by atoms with Gasteiger partial charge in [-0.05, 0) is 53.4 Å².